The van der Waals surface area contributed by atoms with Gasteiger partial charge in [0.25, 0.3) is 0 Å². The minimum atomic E-state index is -0.0961. The number of furan rings is 1. The first-order valence-electron chi connectivity index (χ1n) is 8.81. The molecule has 0 saturated carbocycles. The van der Waals surface area contributed by atoms with Crippen LogP contribution < -0.4 is 10.6 Å². The second kappa shape index (κ2) is 10.8. The number of hydrogen-bond donors (Lipinski definition) is 2. The Kier molecular flexibility index (Phi) is 8.37. The number of carbonyl (C=O) groups is 1. The predicted molar refractivity (Wildman–Crippen MR) is 102 cm³/mol. The number of unbranched alkanes of at least 4 members (excludes halogenated alkanes) is 1. The monoisotopic (exact) mass is 379 g/mol. The number of halogens is 1. The number of hydrogen-bond acceptors (Lipinski definition) is 6. The molecule has 0 atom stereocenters. The van der Waals surface area contributed by atoms with Gasteiger partial charge in [-0.3, -0.25) is 9.69 Å². The van der Waals surface area contributed by atoms with Gasteiger partial charge in [0.2, 0.25) is 11.2 Å². The van der Waals surface area contributed by atoms with E-state index in [4.69, 9.17) is 16.0 Å². The van der Waals surface area contributed by atoms with Gasteiger partial charge in [0.15, 0.2) is 0 Å². The van der Waals surface area contributed by atoms with E-state index in [1.54, 1.807) is 6.26 Å². The Balaban J connectivity index is 1.68. The van der Waals surface area contributed by atoms with Gasteiger partial charge < -0.3 is 15.1 Å². The average Bonchev–Trinajstić information content (AvgIpc) is 3.10. The first-order chi connectivity index (χ1) is 12.6. The Morgan fingerprint density at radius 2 is 2.23 bits per heavy atom. The van der Waals surface area contributed by atoms with E-state index in [0.717, 1.165) is 37.3 Å². The maximum absolute atomic E-state index is 12.0. The van der Waals surface area contributed by atoms with Crippen LogP contribution in [0, 0.1) is 0 Å². The van der Waals surface area contributed by atoms with Crippen molar-refractivity contribution < 1.29 is 9.21 Å². The Labute approximate surface area is 159 Å². The smallest absolute Gasteiger partial charge is 0.239 e. The van der Waals surface area contributed by atoms with Gasteiger partial charge in [-0.2, -0.15) is 0 Å². The maximum Gasteiger partial charge on any atom is 0.239 e. The molecule has 8 heteroatoms. The highest BCUT2D eigenvalue weighted by Crippen LogP contribution is 2.12. The van der Waals surface area contributed by atoms with Crippen LogP contribution in [-0.2, 0) is 17.8 Å². The summed E-state index contributed by atoms with van der Waals surface area (Å²) >= 11 is 5.94. The van der Waals surface area contributed by atoms with Crippen molar-refractivity contribution in [3.05, 3.63) is 41.2 Å². The molecule has 26 heavy (non-hydrogen) atoms. The highest BCUT2D eigenvalue weighted by molar-refractivity contribution is 6.28. The zero-order valence-electron chi connectivity index (χ0n) is 15.3. The van der Waals surface area contributed by atoms with Gasteiger partial charge in [-0.1, -0.05) is 13.3 Å². The van der Waals surface area contributed by atoms with Gasteiger partial charge in [-0.15, -0.1) is 0 Å². The molecule has 0 saturated heterocycles. The topological polar surface area (TPSA) is 83.3 Å². The fourth-order valence-electron chi connectivity index (χ4n) is 2.41. The zero-order chi connectivity index (χ0) is 18.8. The van der Waals surface area contributed by atoms with Crippen LogP contribution in [0.15, 0.2) is 28.9 Å². The van der Waals surface area contributed by atoms with Gasteiger partial charge in [0, 0.05) is 24.8 Å². The molecule has 1 amide bonds. The molecule has 142 valence electrons. The van der Waals surface area contributed by atoms with Crippen molar-refractivity contribution in [3.8, 4) is 0 Å². The summed E-state index contributed by atoms with van der Waals surface area (Å²) in [6.07, 6.45) is 4.63. The number of anilines is 1. The largest absolute Gasteiger partial charge is 0.468 e. The van der Waals surface area contributed by atoms with Crippen molar-refractivity contribution in [1.82, 2.24) is 20.2 Å². The number of amides is 1. The lowest BCUT2D eigenvalue weighted by atomic mass is 10.2. The summed E-state index contributed by atoms with van der Waals surface area (Å²) in [7, 11) is 1.98. The van der Waals surface area contributed by atoms with Crippen LogP contribution in [0.4, 0.5) is 5.82 Å². The van der Waals surface area contributed by atoms with Crippen molar-refractivity contribution in [2.45, 2.75) is 32.7 Å². The van der Waals surface area contributed by atoms with Crippen LogP contribution in [0.5, 0.6) is 0 Å². The number of nitrogens with zero attached hydrogens (tertiary/aromatic N) is 3. The van der Waals surface area contributed by atoms with Gasteiger partial charge in [0.1, 0.15) is 11.6 Å². The summed E-state index contributed by atoms with van der Waals surface area (Å²) < 4.78 is 5.30. The van der Waals surface area contributed by atoms with E-state index < -0.39 is 0 Å². The molecule has 0 aliphatic rings. The minimum absolute atomic E-state index is 0.0961. The summed E-state index contributed by atoms with van der Waals surface area (Å²) in [5.74, 6) is 1.38. The van der Waals surface area contributed by atoms with Crippen molar-refractivity contribution in [3.63, 3.8) is 0 Å². The minimum Gasteiger partial charge on any atom is -0.468 e. The average molecular weight is 380 g/mol. The molecule has 2 rings (SSSR count). The second-order valence-electron chi connectivity index (χ2n) is 6.14. The third kappa shape index (κ3) is 7.41. The van der Waals surface area contributed by atoms with E-state index in [9.17, 15) is 4.79 Å². The molecule has 2 N–H and O–H groups in total. The summed E-state index contributed by atoms with van der Waals surface area (Å²) in [5.41, 5.74) is 0.884. The van der Waals surface area contributed by atoms with Crippen LogP contribution in [0.3, 0.4) is 0 Å². The normalized spacial score (nSPS) is 10.9. The van der Waals surface area contributed by atoms with E-state index in [-0.39, 0.29) is 17.7 Å². The maximum atomic E-state index is 12.0. The number of likely N-dealkylation sites (N-methyl/N-ethyl adjacent to an activating group) is 1. The number of nitrogens with one attached hydrogen (secondary N) is 2. The fraction of sp³-hybridized carbons (Fsp3) is 0.500. The third-order valence-corrected chi connectivity index (χ3v) is 3.96. The number of aromatic nitrogens is 2. The van der Waals surface area contributed by atoms with Crippen molar-refractivity contribution in [2.24, 2.45) is 0 Å². The lowest BCUT2D eigenvalue weighted by Gasteiger charge is -2.15. The van der Waals surface area contributed by atoms with Crippen LogP contribution >= 0.6 is 11.6 Å². The molecule has 7 nitrogen and oxygen atoms in total. The van der Waals surface area contributed by atoms with Crippen LogP contribution in [0.25, 0.3) is 0 Å². The van der Waals surface area contributed by atoms with Gasteiger partial charge in [-0.05, 0) is 43.6 Å². The molecule has 0 aromatic carbocycles. The number of rotatable bonds is 11. The predicted octanol–water partition coefficient (Wildman–Crippen LogP) is 2.73. The van der Waals surface area contributed by atoms with Gasteiger partial charge >= 0.3 is 0 Å². The molecule has 0 unspecified atom stereocenters. The van der Waals surface area contributed by atoms with Gasteiger partial charge in [-0.25, -0.2) is 9.97 Å². The summed E-state index contributed by atoms with van der Waals surface area (Å²) in [6, 6.07) is 5.64. The zero-order valence-corrected chi connectivity index (χ0v) is 16.1. The Morgan fingerprint density at radius 3 is 2.96 bits per heavy atom. The van der Waals surface area contributed by atoms with Crippen LogP contribution in [-0.4, -0.2) is 47.5 Å². The highest BCUT2D eigenvalue weighted by atomic mass is 35.5. The molecule has 0 aliphatic heterocycles. The molecule has 2 heterocycles. The van der Waals surface area contributed by atoms with Crippen molar-refractivity contribution in [2.75, 3.05) is 32.0 Å². The SMILES string of the molecule is CCCCc1cc(NCC(=O)NCCN(C)Cc2ccco2)nc(Cl)n1. The first kappa shape index (κ1) is 20.2. The van der Waals surface area contributed by atoms with Crippen molar-refractivity contribution >= 4 is 23.3 Å². The summed E-state index contributed by atoms with van der Waals surface area (Å²) in [5, 5.41) is 6.07. The fourth-order valence-corrected chi connectivity index (χ4v) is 2.61. The molecule has 0 fully saturated rings. The van der Waals surface area contributed by atoms with E-state index in [1.165, 1.54) is 0 Å². The molecule has 0 radical (unpaired) electrons. The number of aryl methyl sites for hydroxylation is 1. The van der Waals surface area contributed by atoms with E-state index in [2.05, 4.69) is 32.4 Å². The molecular weight excluding hydrogens is 354 g/mol. The molecule has 0 spiro atoms. The summed E-state index contributed by atoms with van der Waals surface area (Å²) in [4.78, 5) is 22.4. The lowest BCUT2D eigenvalue weighted by Crippen LogP contribution is -2.36. The Morgan fingerprint density at radius 1 is 1.38 bits per heavy atom. The lowest BCUT2D eigenvalue weighted by molar-refractivity contribution is -0.119. The van der Waals surface area contributed by atoms with E-state index >= 15 is 0 Å². The quantitative estimate of drug-likeness (QED) is 0.584. The van der Waals surface area contributed by atoms with E-state index in [1.807, 2.05) is 25.2 Å². The molecule has 0 aliphatic carbocycles. The summed E-state index contributed by atoms with van der Waals surface area (Å²) in [6.45, 7) is 4.26. The van der Waals surface area contributed by atoms with Crippen LogP contribution in [0.1, 0.15) is 31.2 Å². The van der Waals surface area contributed by atoms with Crippen molar-refractivity contribution in [1.29, 1.82) is 0 Å². The Hall–Kier alpha value is -2.12. The first-order valence-corrected chi connectivity index (χ1v) is 9.19. The number of carbonyl (C=O) groups excluding carboxylic acids is 1. The van der Waals surface area contributed by atoms with Crippen LogP contribution in [0.2, 0.25) is 5.28 Å². The Bertz CT molecular complexity index is 678. The second-order valence-corrected chi connectivity index (χ2v) is 6.48. The molecule has 0 bridgehead atoms. The van der Waals surface area contributed by atoms with E-state index in [0.29, 0.717) is 18.9 Å². The standard InChI is InChI=1S/C18H26ClN5O2/c1-3-4-6-14-11-16(23-18(19)22-14)21-12-17(25)20-8-9-24(2)13-15-7-5-10-26-15/h5,7,10-11H,3-4,6,8-9,12-13H2,1-2H3,(H,20,25)(H,21,22,23). The molecule has 2 aromatic rings. The highest BCUT2D eigenvalue weighted by Gasteiger charge is 2.07. The van der Waals surface area contributed by atoms with Gasteiger partial charge in [0.05, 0.1) is 19.4 Å². The molecular formula is C18H26ClN5O2. The third-order valence-electron chi connectivity index (χ3n) is 3.79. The molecule has 2 aromatic heterocycles.